The molecule has 0 aliphatic carbocycles. The molecule has 0 spiro atoms. The fourth-order valence-corrected chi connectivity index (χ4v) is 13.3. The number of halogens is 2. The molecule has 24 N–H and O–H groups in total. The molecule has 17 aromatic rings. The van der Waals surface area contributed by atoms with Crippen molar-refractivity contribution in [1.82, 2.24) is 59.8 Å². The number of aromatic nitrogens is 12. The van der Waals surface area contributed by atoms with Crippen molar-refractivity contribution >= 4 is 171 Å². The van der Waals surface area contributed by atoms with Crippen molar-refractivity contribution in [2.45, 2.75) is 40.4 Å². The number of nitrogens with two attached hydrogens (primary N) is 12. The Kier molecular flexibility index (Phi) is 25.0. The van der Waals surface area contributed by atoms with Gasteiger partial charge in [0.1, 0.15) is 81.0 Å². The lowest BCUT2D eigenvalue weighted by Gasteiger charge is -2.10. The normalized spacial score (nSPS) is 10.7. The number of anilines is 12. The van der Waals surface area contributed by atoms with Crippen molar-refractivity contribution < 1.29 is 23.3 Å². The van der Waals surface area contributed by atoms with Crippen LogP contribution in [0.15, 0.2) is 256 Å². The Labute approximate surface area is 664 Å². The zero-order chi connectivity index (χ0) is 80.5. The molecule has 0 radical (unpaired) electrons. The van der Waals surface area contributed by atoms with E-state index in [1.54, 1.807) is 41.7 Å². The highest BCUT2D eigenvalue weighted by atomic mass is 35.5. The summed E-state index contributed by atoms with van der Waals surface area (Å²) in [6.45, 7) is 6.58. The largest absolute Gasteiger partial charge is 0.493 e. The van der Waals surface area contributed by atoms with Crippen LogP contribution in [0.5, 0.6) is 40.2 Å². The van der Waals surface area contributed by atoms with E-state index < -0.39 is 0 Å². The van der Waals surface area contributed by atoms with E-state index in [0.717, 1.165) is 52.9 Å². The lowest BCUT2D eigenvalue weighted by atomic mass is 10.2. The van der Waals surface area contributed by atoms with Crippen LogP contribution in [0.2, 0.25) is 5.02 Å². The number of hydrogen-bond acceptors (Lipinski definition) is 30. The average molecular weight is 1580 g/mol. The van der Waals surface area contributed by atoms with E-state index in [4.69, 9.17) is 99.4 Å². The summed E-state index contributed by atoms with van der Waals surface area (Å²) in [6.07, 6.45) is 0. The first-order chi connectivity index (χ1) is 55.0. The Morgan fingerprint density at radius 2 is 0.561 bits per heavy atom. The molecule has 0 bridgehead atoms. The van der Waals surface area contributed by atoms with Gasteiger partial charge in [0.2, 0.25) is 35.7 Å². The molecule has 6 heterocycles. The van der Waals surface area contributed by atoms with E-state index >= 15 is 0 Å². The molecule has 11 aromatic carbocycles. The fourth-order valence-electron chi connectivity index (χ4n) is 11.2. The minimum absolute atomic E-state index is 0.105. The van der Waals surface area contributed by atoms with E-state index in [0.29, 0.717) is 113 Å². The zero-order valence-corrected chi connectivity index (χ0v) is 63.6. The highest BCUT2D eigenvalue weighted by molar-refractivity contribution is 7.99. The maximum absolute atomic E-state index is 12.9. The zero-order valence-electron chi connectivity index (χ0n) is 61.2. The molecular formula is C82H74ClFN24O4S2. The Morgan fingerprint density at radius 1 is 0.289 bits per heavy atom. The summed E-state index contributed by atoms with van der Waals surface area (Å²) in [6, 6.07) is 72.3. The Bertz CT molecular complexity index is 5740. The molecule has 114 heavy (non-hydrogen) atoms. The number of hydrogen-bond donors (Lipinski definition) is 12. The third-order valence-electron chi connectivity index (χ3n) is 16.2. The van der Waals surface area contributed by atoms with Crippen LogP contribution in [0, 0.1) is 19.7 Å². The topological polar surface area (TPSA) is 504 Å². The molecule has 0 saturated heterocycles. The highest BCUT2D eigenvalue weighted by Crippen LogP contribution is 2.40. The maximum Gasteiger partial charge on any atom is 0.222 e. The molecule has 572 valence electrons. The number of fused-ring (bicyclic) bond motifs is 6. The van der Waals surface area contributed by atoms with Gasteiger partial charge in [-0.25, -0.2) is 34.3 Å². The predicted molar refractivity (Wildman–Crippen MR) is 456 cm³/mol. The highest BCUT2D eigenvalue weighted by Gasteiger charge is 2.17. The smallest absolute Gasteiger partial charge is 0.222 e. The van der Waals surface area contributed by atoms with Gasteiger partial charge >= 0.3 is 0 Å². The molecule has 0 saturated carbocycles. The summed E-state index contributed by atoms with van der Waals surface area (Å²) >= 11 is 9.12. The Balaban J connectivity index is 0.000000127. The van der Waals surface area contributed by atoms with Crippen molar-refractivity contribution in [3.8, 4) is 40.2 Å². The first-order valence-electron chi connectivity index (χ1n) is 34.6. The first kappa shape index (κ1) is 78.8. The summed E-state index contributed by atoms with van der Waals surface area (Å²) in [4.78, 5) is 53.0. The van der Waals surface area contributed by atoms with Gasteiger partial charge in [-0.3, -0.25) is 0 Å². The van der Waals surface area contributed by atoms with Crippen molar-refractivity contribution in [2.24, 2.45) is 0 Å². The summed E-state index contributed by atoms with van der Waals surface area (Å²) in [5.41, 5.74) is 75.5. The second kappa shape index (κ2) is 36.1. The molecule has 17 rings (SSSR count). The van der Waals surface area contributed by atoms with Gasteiger partial charge in [0.05, 0.1) is 72.0 Å². The number of aryl methyl sites for hydroxylation is 2. The van der Waals surface area contributed by atoms with E-state index in [2.05, 4.69) is 91.0 Å². The fraction of sp³-hybridized carbons (Fsp3) is 0.0488. The number of nitrogen functional groups attached to an aromatic ring is 12. The third-order valence-corrected chi connectivity index (χ3v) is 18.6. The molecule has 6 aromatic heterocycles. The number of rotatable bonds is 12. The minimum Gasteiger partial charge on any atom is -0.493 e. The van der Waals surface area contributed by atoms with E-state index in [1.807, 2.05) is 184 Å². The number of ether oxygens (including phenoxy) is 4. The quantitative estimate of drug-likeness (QED) is 0.0540. The number of benzene rings is 11. The van der Waals surface area contributed by atoms with Gasteiger partial charge in [0.15, 0.2) is 0 Å². The molecule has 0 aliphatic rings. The van der Waals surface area contributed by atoms with Crippen LogP contribution in [-0.4, -0.2) is 66.4 Å². The van der Waals surface area contributed by atoms with Gasteiger partial charge in [-0.2, -0.15) is 29.9 Å². The van der Waals surface area contributed by atoms with Crippen LogP contribution >= 0.6 is 35.1 Å². The lowest BCUT2D eigenvalue weighted by molar-refractivity contribution is 0.344. The second-order valence-electron chi connectivity index (χ2n) is 24.5. The van der Waals surface area contributed by atoms with Crippen molar-refractivity contribution in [2.75, 3.05) is 75.4 Å². The molecule has 0 fully saturated rings. The van der Waals surface area contributed by atoms with Gasteiger partial charge in [-0.1, -0.05) is 125 Å². The minimum atomic E-state index is -0.328. The molecule has 28 nitrogen and oxygen atoms in total. The van der Waals surface area contributed by atoms with Crippen molar-refractivity contribution in [3.63, 3.8) is 0 Å². The average Bonchev–Trinajstić information content (AvgIpc) is 0.838. The summed E-state index contributed by atoms with van der Waals surface area (Å²) in [5, 5.41) is 5.01. The Hall–Kier alpha value is -14.8. The lowest BCUT2D eigenvalue weighted by Crippen LogP contribution is -2.02. The van der Waals surface area contributed by atoms with Crippen LogP contribution in [-0.2, 0) is 0 Å². The van der Waals surface area contributed by atoms with Crippen LogP contribution < -0.4 is 87.8 Å². The second-order valence-corrected chi connectivity index (χ2v) is 27.2. The molecule has 32 heteroatoms. The van der Waals surface area contributed by atoms with Gasteiger partial charge < -0.3 is 87.8 Å². The molecule has 0 unspecified atom stereocenters. The predicted octanol–water partition coefficient (Wildman–Crippen LogP) is 16.3. The van der Waals surface area contributed by atoms with Crippen LogP contribution in [0.25, 0.3) is 65.4 Å². The van der Waals surface area contributed by atoms with Gasteiger partial charge in [0, 0.05) is 24.6 Å². The van der Waals surface area contributed by atoms with Crippen LogP contribution in [0.4, 0.5) is 75.0 Å². The number of nitrogens with zero attached hydrogens (tertiary/aromatic N) is 12. The van der Waals surface area contributed by atoms with Crippen molar-refractivity contribution in [3.05, 3.63) is 259 Å². The van der Waals surface area contributed by atoms with E-state index in [-0.39, 0.29) is 47.3 Å². The monoisotopic (exact) mass is 1580 g/mol. The van der Waals surface area contributed by atoms with Gasteiger partial charge in [-0.15, -0.1) is 0 Å². The summed E-state index contributed by atoms with van der Waals surface area (Å²) in [5.74, 6) is 7.04. The summed E-state index contributed by atoms with van der Waals surface area (Å²) in [7, 11) is 0. The third kappa shape index (κ3) is 20.0. The van der Waals surface area contributed by atoms with Gasteiger partial charge in [0.25, 0.3) is 0 Å². The van der Waals surface area contributed by atoms with Gasteiger partial charge in [-0.05, 0) is 178 Å². The standard InChI is InChI=1S/C15H14N4O.C15H14N4S.C14H11ClN4S.C14H11FN4O.C14H12N4O.C10H12N4O/c2*1-9-5-7-10(8-6-9)20-12-4-2-3-11-13(12)14(16)19-15(17)18-11;2*15-8-4-6-9(7-5-8)20-11-3-1-2-10-12(11)13(16)19-14(17)18-10;15-13-12-10(17-14(16)18-13)7-4-8-11(12)19-9-5-2-1-3-6-9;1-2-15-7-5-3-4-6-8(7)9(11)14-10(12)13-6/h2*2-8H,1H3,(H4,16,17,18,19);2*1-7H,(H4,16,17,18,19);1-8H,(H4,15,16,17,18);3-5H,2H2,1H3,(H4,11,12,13,14). The molecule has 0 atom stereocenters. The molecular weight excluding hydrogens is 1500 g/mol. The maximum atomic E-state index is 12.9. The van der Waals surface area contributed by atoms with E-state index in [1.165, 1.54) is 35.4 Å². The molecule has 0 aliphatic heterocycles. The SMILES string of the molecule is CCOc1cccc2nc(N)nc(N)c12.Cc1ccc(Oc2cccc3nc(N)nc(N)c23)cc1.Cc1ccc(Sc2cccc3nc(N)nc(N)c23)cc1.Nc1nc(N)c2c(Oc3ccc(F)cc3)cccc2n1.Nc1nc(N)c2c(Oc3ccccc3)cccc2n1.Nc1nc(N)c2c(Sc3ccc(Cl)cc3)cccc2n1. The van der Waals surface area contributed by atoms with Crippen LogP contribution in [0.1, 0.15) is 18.1 Å². The van der Waals surface area contributed by atoms with Crippen LogP contribution in [0.3, 0.4) is 0 Å². The first-order valence-corrected chi connectivity index (χ1v) is 36.6. The summed E-state index contributed by atoms with van der Waals surface area (Å²) < 4.78 is 35.7. The molecule has 0 amide bonds. The Morgan fingerprint density at radius 3 is 0.904 bits per heavy atom. The van der Waals surface area contributed by atoms with E-state index in [9.17, 15) is 4.39 Å². The number of para-hydroxylation sites is 1. The van der Waals surface area contributed by atoms with Crippen molar-refractivity contribution in [1.29, 1.82) is 0 Å².